The second-order valence-corrected chi connectivity index (χ2v) is 6.38. The van der Waals surface area contributed by atoms with E-state index in [-0.39, 0.29) is 12.3 Å². The minimum Gasteiger partial charge on any atom is -0.353 e. The largest absolute Gasteiger partial charge is 0.353 e. The van der Waals surface area contributed by atoms with Crippen molar-refractivity contribution >= 4 is 33.2 Å². The van der Waals surface area contributed by atoms with E-state index in [1.807, 2.05) is 4.72 Å². The second kappa shape index (κ2) is 6.44. The Balaban J connectivity index is 1.84. The third kappa shape index (κ3) is 4.28. The Labute approximate surface area is 120 Å². The smallest absolute Gasteiger partial charge is 0.265 e. The number of carbonyl (C=O) groups is 1. The van der Waals surface area contributed by atoms with Crippen LogP contribution in [-0.4, -0.2) is 36.6 Å². The molecule has 20 heavy (non-hydrogen) atoms. The van der Waals surface area contributed by atoms with Gasteiger partial charge in [0.2, 0.25) is 16.0 Å². The first-order valence-corrected chi connectivity index (χ1v) is 8.24. The van der Waals surface area contributed by atoms with Crippen LogP contribution in [-0.2, 0) is 10.0 Å². The second-order valence-electron chi connectivity index (χ2n) is 3.76. The lowest BCUT2D eigenvalue weighted by Gasteiger charge is -2.07. The zero-order chi connectivity index (χ0) is 14.4. The van der Waals surface area contributed by atoms with Gasteiger partial charge in [-0.3, -0.25) is 4.79 Å². The standard InChI is InChI=1S/C11H12N4O3S2/c16-10(9-2-6-19-8-9)15-20(17,18)7-5-14-11-12-3-1-4-13-11/h1-4,6,8H,5,7H2,(H,15,16)(H,12,13,14). The van der Waals surface area contributed by atoms with E-state index in [4.69, 9.17) is 0 Å². The van der Waals surface area contributed by atoms with Crippen molar-refractivity contribution in [1.82, 2.24) is 14.7 Å². The summed E-state index contributed by atoms with van der Waals surface area (Å²) in [5, 5.41) is 6.05. The molecule has 0 aliphatic heterocycles. The highest BCUT2D eigenvalue weighted by molar-refractivity contribution is 7.90. The fourth-order valence-electron chi connectivity index (χ4n) is 1.33. The van der Waals surface area contributed by atoms with Gasteiger partial charge in [-0.15, -0.1) is 0 Å². The molecule has 7 nitrogen and oxygen atoms in total. The summed E-state index contributed by atoms with van der Waals surface area (Å²) in [5.74, 6) is -0.532. The van der Waals surface area contributed by atoms with Crippen LogP contribution in [0.2, 0.25) is 0 Å². The predicted molar refractivity (Wildman–Crippen MR) is 76.1 cm³/mol. The van der Waals surface area contributed by atoms with Gasteiger partial charge >= 0.3 is 0 Å². The maximum Gasteiger partial charge on any atom is 0.265 e. The number of rotatable bonds is 6. The van der Waals surface area contributed by atoms with Crippen LogP contribution in [0.3, 0.4) is 0 Å². The SMILES string of the molecule is O=C(NS(=O)(=O)CCNc1ncccn1)c1ccsc1. The van der Waals surface area contributed by atoms with Crippen molar-refractivity contribution in [3.8, 4) is 0 Å². The number of nitrogens with one attached hydrogen (secondary N) is 2. The molecule has 0 saturated carbocycles. The average molecular weight is 312 g/mol. The number of amides is 1. The molecule has 0 atom stereocenters. The Morgan fingerprint density at radius 3 is 2.70 bits per heavy atom. The van der Waals surface area contributed by atoms with Crippen molar-refractivity contribution in [2.45, 2.75) is 0 Å². The summed E-state index contributed by atoms with van der Waals surface area (Å²) in [6.07, 6.45) is 3.09. The van der Waals surface area contributed by atoms with Gasteiger partial charge in [0.15, 0.2) is 0 Å². The number of sulfonamides is 1. The molecule has 2 heterocycles. The minimum absolute atomic E-state index is 0.107. The highest BCUT2D eigenvalue weighted by Gasteiger charge is 2.16. The maximum atomic E-state index is 11.7. The molecule has 2 aromatic heterocycles. The van der Waals surface area contributed by atoms with E-state index in [1.165, 1.54) is 11.3 Å². The number of thiophene rings is 1. The van der Waals surface area contributed by atoms with Gasteiger partial charge < -0.3 is 5.32 Å². The Kier molecular flexibility index (Phi) is 4.64. The molecule has 0 fully saturated rings. The molecule has 0 radical (unpaired) electrons. The van der Waals surface area contributed by atoms with Crippen LogP contribution in [0.1, 0.15) is 10.4 Å². The molecule has 2 aromatic rings. The van der Waals surface area contributed by atoms with E-state index in [2.05, 4.69) is 15.3 Å². The van der Waals surface area contributed by atoms with Gasteiger partial charge in [0.25, 0.3) is 5.91 Å². The number of hydrogen-bond donors (Lipinski definition) is 2. The maximum absolute atomic E-state index is 11.7. The zero-order valence-electron chi connectivity index (χ0n) is 10.3. The van der Waals surface area contributed by atoms with Crippen molar-refractivity contribution < 1.29 is 13.2 Å². The summed E-state index contributed by atoms with van der Waals surface area (Å²) in [6.45, 7) is 0.107. The van der Waals surface area contributed by atoms with E-state index in [1.54, 1.807) is 35.3 Å². The third-order valence-electron chi connectivity index (χ3n) is 2.25. The third-order valence-corrected chi connectivity index (χ3v) is 4.17. The summed E-state index contributed by atoms with van der Waals surface area (Å²) in [4.78, 5) is 19.4. The monoisotopic (exact) mass is 312 g/mol. The highest BCUT2D eigenvalue weighted by atomic mass is 32.2. The first-order valence-electron chi connectivity index (χ1n) is 5.65. The van der Waals surface area contributed by atoms with Crippen LogP contribution >= 0.6 is 11.3 Å². The Morgan fingerprint density at radius 2 is 2.05 bits per heavy atom. The van der Waals surface area contributed by atoms with Crippen molar-refractivity contribution in [3.63, 3.8) is 0 Å². The van der Waals surface area contributed by atoms with Gasteiger partial charge in [0, 0.05) is 24.3 Å². The molecule has 0 spiro atoms. The van der Waals surface area contributed by atoms with Gasteiger partial charge in [-0.1, -0.05) is 0 Å². The van der Waals surface area contributed by atoms with Crippen LogP contribution in [0.15, 0.2) is 35.3 Å². The molecular weight excluding hydrogens is 300 g/mol. The fraction of sp³-hybridized carbons (Fsp3) is 0.182. The summed E-state index contributed by atoms with van der Waals surface area (Å²) in [5.41, 5.74) is 0.331. The topological polar surface area (TPSA) is 101 Å². The van der Waals surface area contributed by atoms with Gasteiger partial charge in [-0.25, -0.2) is 23.1 Å². The normalized spacial score (nSPS) is 11.0. The van der Waals surface area contributed by atoms with Gasteiger partial charge in [-0.2, -0.15) is 11.3 Å². The molecule has 0 bridgehead atoms. The van der Waals surface area contributed by atoms with E-state index in [9.17, 15) is 13.2 Å². The predicted octanol–water partition coefficient (Wildman–Crippen LogP) is 0.710. The van der Waals surface area contributed by atoms with E-state index in [0.29, 0.717) is 11.5 Å². The molecule has 0 saturated heterocycles. The van der Waals surface area contributed by atoms with E-state index >= 15 is 0 Å². The van der Waals surface area contributed by atoms with Crippen LogP contribution in [0.25, 0.3) is 0 Å². The van der Waals surface area contributed by atoms with Crippen LogP contribution in [0.4, 0.5) is 5.95 Å². The van der Waals surface area contributed by atoms with E-state index in [0.717, 1.165) is 0 Å². The van der Waals surface area contributed by atoms with Crippen molar-refractivity contribution in [3.05, 3.63) is 40.8 Å². The molecule has 1 amide bonds. The molecule has 0 unspecified atom stereocenters. The summed E-state index contributed by atoms with van der Waals surface area (Å²) in [6, 6.07) is 3.22. The Morgan fingerprint density at radius 1 is 1.30 bits per heavy atom. The lowest BCUT2D eigenvalue weighted by Crippen LogP contribution is -2.34. The van der Waals surface area contributed by atoms with Crippen molar-refractivity contribution in [2.75, 3.05) is 17.6 Å². The minimum atomic E-state index is -3.69. The first-order chi connectivity index (χ1) is 9.57. The van der Waals surface area contributed by atoms with Gasteiger partial charge in [-0.05, 0) is 17.5 Å². The molecule has 2 N–H and O–H groups in total. The summed E-state index contributed by atoms with van der Waals surface area (Å²) in [7, 11) is -3.69. The molecule has 2 rings (SSSR count). The lowest BCUT2D eigenvalue weighted by atomic mass is 10.3. The van der Waals surface area contributed by atoms with Gasteiger partial charge in [0.05, 0.1) is 11.3 Å². The summed E-state index contributed by atoms with van der Waals surface area (Å²) >= 11 is 1.32. The van der Waals surface area contributed by atoms with Crippen LogP contribution in [0.5, 0.6) is 0 Å². The molecule has 106 valence electrons. The van der Waals surface area contributed by atoms with Gasteiger partial charge in [0.1, 0.15) is 0 Å². The number of nitrogens with zero attached hydrogens (tertiary/aromatic N) is 2. The number of anilines is 1. The van der Waals surface area contributed by atoms with E-state index < -0.39 is 15.9 Å². The quantitative estimate of drug-likeness (QED) is 0.814. The molecule has 9 heteroatoms. The Hall–Kier alpha value is -2.00. The fourth-order valence-corrected chi connectivity index (χ4v) is 2.84. The molecule has 0 aromatic carbocycles. The molecular formula is C11H12N4O3S2. The number of carbonyl (C=O) groups excluding carboxylic acids is 1. The van der Waals surface area contributed by atoms with Crippen molar-refractivity contribution in [1.29, 1.82) is 0 Å². The average Bonchev–Trinajstić information content (AvgIpc) is 2.93. The van der Waals surface area contributed by atoms with Crippen LogP contribution < -0.4 is 10.0 Å². The number of hydrogen-bond acceptors (Lipinski definition) is 7. The molecule has 0 aliphatic rings. The number of aromatic nitrogens is 2. The zero-order valence-corrected chi connectivity index (χ0v) is 11.9. The first kappa shape index (κ1) is 14.4. The lowest BCUT2D eigenvalue weighted by molar-refractivity contribution is 0.0982. The highest BCUT2D eigenvalue weighted by Crippen LogP contribution is 2.06. The molecule has 0 aliphatic carbocycles. The van der Waals surface area contributed by atoms with Crippen molar-refractivity contribution in [2.24, 2.45) is 0 Å². The summed E-state index contributed by atoms with van der Waals surface area (Å²) < 4.78 is 25.4. The van der Waals surface area contributed by atoms with Crippen LogP contribution in [0, 0.1) is 0 Å². The Bertz CT molecular complexity index is 656.